The summed E-state index contributed by atoms with van der Waals surface area (Å²) < 4.78 is 0. The zero-order valence-electron chi connectivity index (χ0n) is 9.16. The highest BCUT2D eigenvalue weighted by Gasteiger charge is 2.13. The van der Waals surface area contributed by atoms with Gasteiger partial charge in [0.25, 0.3) is 0 Å². The summed E-state index contributed by atoms with van der Waals surface area (Å²) in [7, 11) is 0. The van der Waals surface area contributed by atoms with Crippen LogP contribution < -0.4 is 10.6 Å². The first-order chi connectivity index (χ1) is 7.24. The number of hydrogen-bond donors (Lipinski definition) is 2. The number of nitrogens with one attached hydrogen (secondary N) is 2. The Morgan fingerprint density at radius 2 is 2.38 bits per heavy atom. The molecule has 1 saturated heterocycles. The van der Waals surface area contributed by atoms with Gasteiger partial charge in [0.1, 0.15) is 5.15 Å². The van der Waals surface area contributed by atoms with E-state index in [2.05, 4.69) is 20.6 Å². The molecule has 90 valence electrons. The van der Waals surface area contributed by atoms with Gasteiger partial charge in [0.2, 0.25) is 5.95 Å². The summed E-state index contributed by atoms with van der Waals surface area (Å²) in [5.74, 6) is 0.619. The SMILES string of the molecule is Cc1cc(Cl)nc(NCC2CCCN2)n1.Cl. The van der Waals surface area contributed by atoms with Crippen molar-refractivity contribution in [2.75, 3.05) is 18.4 Å². The Morgan fingerprint density at radius 3 is 3.00 bits per heavy atom. The monoisotopic (exact) mass is 262 g/mol. The third kappa shape index (κ3) is 3.77. The minimum Gasteiger partial charge on any atom is -0.353 e. The maximum atomic E-state index is 5.84. The standard InChI is InChI=1S/C10H15ClN4.ClH/c1-7-5-9(11)15-10(14-7)13-6-8-3-2-4-12-8;/h5,8,12H,2-4,6H2,1H3,(H,13,14,15);1H. The van der Waals surface area contributed by atoms with Crippen LogP contribution in [0.15, 0.2) is 6.07 Å². The van der Waals surface area contributed by atoms with Crippen LogP contribution in [-0.2, 0) is 0 Å². The maximum Gasteiger partial charge on any atom is 0.224 e. The molecule has 2 N–H and O–H groups in total. The number of rotatable bonds is 3. The molecule has 1 unspecified atom stereocenters. The number of anilines is 1. The zero-order valence-corrected chi connectivity index (χ0v) is 10.7. The third-order valence-electron chi connectivity index (χ3n) is 2.49. The highest BCUT2D eigenvalue weighted by Crippen LogP contribution is 2.10. The van der Waals surface area contributed by atoms with Crippen molar-refractivity contribution in [2.24, 2.45) is 0 Å². The molecule has 0 radical (unpaired) electrons. The molecule has 4 nitrogen and oxygen atoms in total. The number of nitrogens with zero attached hydrogens (tertiary/aromatic N) is 2. The van der Waals surface area contributed by atoms with Gasteiger partial charge in [0.05, 0.1) is 0 Å². The summed E-state index contributed by atoms with van der Waals surface area (Å²) in [6.07, 6.45) is 2.47. The first-order valence-electron chi connectivity index (χ1n) is 5.22. The van der Waals surface area contributed by atoms with E-state index in [0.29, 0.717) is 17.1 Å². The fourth-order valence-corrected chi connectivity index (χ4v) is 1.99. The van der Waals surface area contributed by atoms with Crippen molar-refractivity contribution >= 4 is 30.0 Å². The highest BCUT2D eigenvalue weighted by molar-refractivity contribution is 6.29. The van der Waals surface area contributed by atoms with E-state index in [9.17, 15) is 0 Å². The fourth-order valence-electron chi connectivity index (χ4n) is 1.75. The normalized spacial score (nSPS) is 19.2. The Hall–Kier alpha value is -0.580. The Bertz CT molecular complexity index is 319. The lowest BCUT2D eigenvalue weighted by Crippen LogP contribution is -2.29. The predicted molar refractivity (Wildman–Crippen MR) is 68.5 cm³/mol. The van der Waals surface area contributed by atoms with Gasteiger partial charge in [0.15, 0.2) is 0 Å². The smallest absolute Gasteiger partial charge is 0.224 e. The van der Waals surface area contributed by atoms with E-state index in [4.69, 9.17) is 11.6 Å². The second-order valence-electron chi connectivity index (χ2n) is 3.83. The Labute approximate surface area is 107 Å². The molecule has 1 atom stereocenters. The van der Waals surface area contributed by atoms with Crippen LogP contribution in [-0.4, -0.2) is 29.1 Å². The van der Waals surface area contributed by atoms with Gasteiger partial charge in [-0.15, -0.1) is 12.4 Å². The van der Waals surface area contributed by atoms with Gasteiger partial charge >= 0.3 is 0 Å². The van der Waals surface area contributed by atoms with Crippen molar-refractivity contribution in [3.63, 3.8) is 0 Å². The predicted octanol–water partition coefficient (Wildman–Crippen LogP) is 2.02. The first-order valence-corrected chi connectivity index (χ1v) is 5.60. The number of aromatic nitrogens is 2. The summed E-state index contributed by atoms with van der Waals surface area (Å²) >= 11 is 5.84. The van der Waals surface area contributed by atoms with Gasteiger partial charge in [0, 0.05) is 18.3 Å². The summed E-state index contributed by atoms with van der Waals surface area (Å²) in [6.45, 7) is 3.88. The molecular formula is C10H16Cl2N4. The molecule has 0 aromatic carbocycles. The second-order valence-corrected chi connectivity index (χ2v) is 4.22. The van der Waals surface area contributed by atoms with Gasteiger partial charge < -0.3 is 10.6 Å². The van der Waals surface area contributed by atoms with Crippen LogP contribution in [0.2, 0.25) is 5.15 Å². The van der Waals surface area contributed by atoms with Crippen molar-refractivity contribution in [3.8, 4) is 0 Å². The van der Waals surface area contributed by atoms with E-state index in [1.54, 1.807) is 6.07 Å². The first kappa shape index (κ1) is 13.5. The second kappa shape index (κ2) is 6.23. The molecule has 0 bridgehead atoms. The van der Waals surface area contributed by atoms with Crippen LogP contribution >= 0.6 is 24.0 Å². The minimum atomic E-state index is 0. The molecule has 2 rings (SSSR count). The van der Waals surface area contributed by atoms with Crippen LogP contribution in [0.25, 0.3) is 0 Å². The molecule has 0 aliphatic carbocycles. The summed E-state index contributed by atoms with van der Waals surface area (Å²) in [4.78, 5) is 8.37. The Balaban J connectivity index is 0.00000128. The average Bonchev–Trinajstić information content (AvgIpc) is 2.65. The zero-order chi connectivity index (χ0) is 10.7. The molecular weight excluding hydrogens is 247 g/mol. The van der Waals surface area contributed by atoms with Crippen LogP contribution in [0.4, 0.5) is 5.95 Å². The van der Waals surface area contributed by atoms with Gasteiger partial charge in [-0.05, 0) is 32.4 Å². The summed E-state index contributed by atoms with van der Waals surface area (Å²) in [6, 6.07) is 2.29. The van der Waals surface area contributed by atoms with Crippen LogP contribution in [0.1, 0.15) is 18.5 Å². The van der Waals surface area contributed by atoms with E-state index < -0.39 is 0 Å². The van der Waals surface area contributed by atoms with E-state index in [1.807, 2.05) is 6.92 Å². The lowest BCUT2D eigenvalue weighted by Gasteiger charge is -2.11. The molecule has 1 aromatic rings. The Morgan fingerprint density at radius 1 is 1.56 bits per heavy atom. The molecule has 1 aliphatic rings. The van der Waals surface area contributed by atoms with Crippen molar-refractivity contribution in [1.82, 2.24) is 15.3 Å². The van der Waals surface area contributed by atoms with Gasteiger partial charge in [-0.25, -0.2) is 9.97 Å². The van der Waals surface area contributed by atoms with Crippen LogP contribution in [0, 0.1) is 6.92 Å². The van der Waals surface area contributed by atoms with Gasteiger partial charge in [-0.3, -0.25) is 0 Å². The molecule has 16 heavy (non-hydrogen) atoms. The minimum absolute atomic E-state index is 0. The third-order valence-corrected chi connectivity index (χ3v) is 2.69. The summed E-state index contributed by atoms with van der Waals surface area (Å²) in [5.41, 5.74) is 0.886. The van der Waals surface area contributed by atoms with Gasteiger partial charge in [-0.2, -0.15) is 0 Å². The largest absolute Gasteiger partial charge is 0.353 e. The van der Waals surface area contributed by atoms with E-state index >= 15 is 0 Å². The molecule has 1 fully saturated rings. The molecule has 2 heterocycles. The fraction of sp³-hybridized carbons (Fsp3) is 0.600. The van der Waals surface area contributed by atoms with Crippen molar-refractivity contribution in [1.29, 1.82) is 0 Å². The van der Waals surface area contributed by atoms with E-state index in [1.165, 1.54) is 12.8 Å². The van der Waals surface area contributed by atoms with Crippen molar-refractivity contribution in [3.05, 3.63) is 16.9 Å². The number of halogens is 2. The number of hydrogen-bond acceptors (Lipinski definition) is 4. The van der Waals surface area contributed by atoms with Gasteiger partial charge in [-0.1, -0.05) is 11.6 Å². The average molecular weight is 263 g/mol. The molecule has 6 heteroatoms. The highest BCUT2D eigenvalue weighted by atomic mass is 35.5. The topological polar surface area (TPSA) is 49.8 Å². The summed E-state index contributed by atoms with van der Waals surface area (Å²) in [5, 5.41) is 7.09. The quantitative estimate of drug-likeness (QED) is 0.819. The molecule has 1 aliphatic heterocycles. The maximum absolute atomic E-state index is 5.84. The van der Waals surface area contributed by atoms with Crippen LogP contribution in [0.5, 0.6) is 0 Å². The van der Waals surface area contributed by atoms with Crippen LogP contribution in [0.3, 0.4) is 0 Å². The number of aryl methyl sites for hydroxylation is 1. The van der Waals surface area contributed by atoms with Crippen molar-refractivity contribution < 1.29 is 0 Å². The van der Waals surface area contributed by atoms with Crippen molar-refractivity contribution in [2.45, 2.75) is 25.8 Å². The lowest BCUT2D eigenvalue weighted by molar-refractivity contribution is 0.631. The molecule has 1 aromatic heterocycles. The van der Waals surface area contributed by atoms with E-state index in [0.717, 1.165) is 18.8 Å². The molecule has 0 amide bonds. The molecule has 0 spiro atoms. The lowest BCUT2D eigenvalue weighted by atomic mass is 10.2. The van der Waals surface area contributed by atoms with E-state index in [-0.39, 0.29) is 12.4 Å². The Kier molecular flexibility index (Phi) is 5.25. The molecule has 0 saturated carbocycles.